The van der Waals surface area contributed by atoms with Gasteiger partial charge < -0.3 is 15.3 Å². The molecular formula is C11H20N2O4S. The first kappa shape index (κ1) is 13.8. The Morgan fingerprint density at radius 3 is 2.89 bits per heavy atom. The van der Waals surface area contributed by atoms with Crippen LogP contribution in [0.25, 0.3) is 0 Å². The van der Waals surface area contributed by atoms with Gasteiger partial charge in [-0.3, -0.25) is 4.79 Å². The predicted molar refractivity (Wildman–Crippen MR) is 66.9 cm³/mol. The van der Waals surface area contributed by atoms with Gasteiger partial charge in [-0.05, 0) is 12.8 Å². The van der Waals surface area contributed by atoms with Gasteiger partial charge in [-0.25, -0.2) is 8.42 Å². The fourth-order valence-corrected chi connectivity index (χ4v) is 4.12. The molecule has 104 valence electrons. The van der Waals surface area contributed by atoms with E-state index in [1.165, 1.54) is 0 Å². The maximum Gasteiger partial charge on any atom is 0.224 e. The fourth-order valence-electron chi connectivity index (χ4n) is 2.68. The van der Waals surface area contributed by atoms with Crippen molar-refractivity contribution in [1.82, 2.24) is 10.2 Å². The smallest absolute Gasteiger partial charge is 0.224 e. The van der Waals surface area contributed by atoms with E-state index < -0.39 is 9.84 Å². The quantitative estimate of drug-likeness (QED) is 0.672. The van der Waals surface area contributed by atoms with Gasteiger partial charge in [-0.1, -0.05) is 0 Å². The van der Waals surface area contributed by atoms with Crippen LogP contribution in [0.3, 0.4) is 0 Å². The van der Waals surface area contributed by atoms with Gasteiger partial charge in [-0.15, -0.1) is 0 Å². The Balaban J connectivity index is 1.91. The lowest BCUT2D eigenvalue weighted by atomic mass is 10.2. The monoisotopic (exact) mass is 276 g/mol. The second-order valence-corrected chi connectivity index (χ2v) is 7.26. The van der Waals surface area contributed by atoms with Crippen LogP contribution in [0.2, 0.25) is 0 Å². The molecule has 0 spiro atoms. The van der Waals surface area contributed by atoms with Gasteiger partial charge in [-0.2, -0.15) is 0 Å². The van der Waals surface area contributed by atoms with E-state index in [1.807, 2.05) is 0 Å². The van der Waals surface area contributed by atoms with Crippen LogP contribution < -0.4 is 5.32 Å². The minimum absolute atomic E-state index is 0.0118. The molecule has 2 rings (SSSR count). The molecule has 2 aliphatic rings. The fraction of sp³-hybridized carbons (Fsp3) is 0.909. The molecule has 1 unspecified atom stereocenters. The summed E-state index contributed by atoms with van der Waals surface area (Å²) < 4.78 is 23.0. The topological polar surface area (TPSA) is 86.7 Å². The minimum atomic E-state index is -3.00. The SMILES string of the molecule is O=C(CC1CS(=O)(=O)CCN1)N1CCC[C@@H]1CO. The molecule has 18 heavy (non-hydrogen) atoms. The number of hydrogen-bond acceptors (Lipinski definition) is 5. The van der Waals surface area contributed by atoms with E-state index in [2.05, 4.69) is 5.32 Å². The van der Waals surface area contributed by atoms with Crippen LogP contribution in [0.15, 0.2) is 0 Å². The number of carbonyl (C=O) groups excluding carboxylic acids is 1. The number of amides is 1. The molecule has 0 aromatic heterocycles. The van der Waals surface area contributed by atoms with Gasteiger partial charge in [0.15, 0.2) is 9.84 Å². The van der Waals surface area contributed by atoms with E-state index in [9.17, 15) is 13.2 Å². The van der Waals surface area contributed by atoms with Crippen molar-refractivity contribution in [3.63, 3.8) is 0 Å². The number of nitrogens with zero attached hydrogens (tertiary/aromatic N) is 1. The highest BCUT2D eigenvalue weighted by atomic mass is 32.2. The van der Waals surface area contributed by atoms with E-state index >= 15 is 0 Å². The van der Waals surface area contributed by atoms with Gasteiger partial charge >= 0.3 is 0 Å². The largest absolute Gasteiger partial charge is 0.394 e. The molecule has 1 amide bonds. The van der Waals surface area contributed by atoms with E-state index in [4.69, 9.17) is 5.11 Å². The molecule has 7 heteroatoms. The molecule has 2 atom stereocenters. The Morgan fingerprint density at radius 2 is 2.22 bits per heavy atom. The molecule has 0 aromatic rings. The number of rotatable bonds is 3. The Morgan fingerprint density at radius 1 is 1.44 bits per heavy atom. The maximum atomic E-state index is 12.1. The van der Waals surface area contributed by atoms with Crippen LogP contribution in [0, 0.1) is 0 Å². The van der Waals surface area contributed by atoms with Crippen molar-refractivity contribution in [2.24, 2.45) is 0 Å². The van der Waals surface area contributed by atoms with E-state index in [-0.39, 0.29) is 42.5 Å². The van der Waals surface area contributed by atoms with Crippen molar-refractivity contribution in [1.29, 1.82) is 0 Å². The van der Waals surface area contributed by atoms with Crippen molar-refractivity contribution < 1.29 is 18.3 Å². The summed E-state index contributed by atoms with van der Waals surface area (Å²) in [6.07, 6.45) is 1.95. The van der Waals surface area contributed by atoms with E-state index in [0.29, 0.717) is 13.1 Å². The summed E-state index contributed by atoms with van der Waals surface area (Å²) in [7, 11) is -3.00. The highest BCUT2D eigenvalue weighted by Gasteiger charge is 2.32. The third-order valence-corrected chi connectivity index (χ3v) is 5.37. The standard InChI is InChI=1S/C11H20N2O4S/c14-7-10-2-1-4-13(10)11(15)6-9-8-18(16,17)5-3-12-9/h9-10,12,14H,1-8H2/t9?,10-/m1/s1. The van der Waals surface area contributed by atoms with Crippen molar-refractivity contribution in [3.05, 3.63) is 0 Å². The summed E-state index contributed by atoms with van der Waals surface area (Å²) in [5, 5.41) is 12.2. The first-order chi connectivity index (χ1) is 8.52. The summed E-state index contributed by atoms with van der Waals surface area (Å²) in [4.78, 5) is 13.8. The molecule has 0 aliphatic carbocycles. The number of aliphatic hydroxyl groups is 1. The second kappa shape index (κ2) is 5.54. The average Bonchev–Trinajstić information content (AvgIpc) is 2.75. The molecule has 0 saturated carbocycles. The lowest BCUT2D eigenvalue weighted by Gasteiger charge is -2.28. The molecule has 0 aromatic carbocycles. The number of aliphatic hydroxyl groups excluding tert-OH is 1. The lowest BCUT2D eigenvalue weighted by Crippen LogP contribution is -2.48. The number of likely N-dealkylation sites (tertiary alicyclic amines) is 1. The van der Waals surface area contributed by atoms with Crippen LogP contribution in [0.5, 0.6) is 0 Å². The molecule has 0 radical (unpaired) electrons. The van der Waals surface area contributed by atoms with Crippen LogP contribution in [-0.4, -0.2) is 67.6 Å². The first-order valence-electron chi connectivity index (χ1n) is 6.36. The highest BCUT2D eigenvalue weighted by molar-refractivity contribution is 7.91. The first-order valence-corrected chi connectivity index (χ1v) is 8.18. The summed E-state index contributed by atoms with van der Waals surface area (Å²) >= 11 is 0. The maximum absolute atomic E-state index is 12.1. The molecule has 2 heterocycles. The zero-order chi connectivity index (χ0) is 13.2. The van der Waals surface area contributed by atoms with Gasteiger partial charge in [0.05, 0.1) is 24.2 Å². The van der Waals surface area contributed by atoms with E-state index in [0.717, 1.165) is 12.8 Å². The number of carbonyl (C=O) groups is 1. The Bertz CT molecular complexity index is 409. The predicted octanol–water partition coefficient (Wildman–Crippen LogP) is -1.25. The molecular weight excluding hydrogens is 256 g/mol. The van der Waals surface area contributed by atoms with Crippen LogP contribution in [0.4, 0.5) is 0 Å². The average molecular weight is 276 g/mol. The van der Waals surface area contributed by atoms with Crippen molar-refractivity contribution in [2.75, 3.05) is 31.2 Å². The molecule has 0 bridgehead atoms. The summed E-state index contributed by atoms with van der Waals surface area (Å²) in [5.74, 6) is 0.137. The zero-order valence-corrected chi connectivity index (χ0v) is 11.2. The van der Waals surface area contributed by atoms with Crippen molar-refractivity contribution >= 4 is 15.7 Å². The van der Waals surface area contributed by atoms with Crippen LogP contribution >= 0.6 is 0 Å². The third-order valence-electron chi connectivity index (χ3n) is 3.63. The summed E-state index contributed by atoms with van der Waals surface area (Å²) in [6, 6.07) is -0.367. The van der Waals surface area contributed by atoms with Crippen LogP contribution in [0.1, 0.15) is 19.3 Å². The normalized spacial score (nSPS) is 31.5. The Kier molecular flexibility index (Phi) is 4.24. The van der Waals surface area contributed by atoms with Gasteiger partial charge in [0.25, 0.3) is 0 Å². The van der Waals surface area contributed by atoms with Crippen LogP contribution in [-0.2, 0) is 14.6 Å². The van der Waals surface area contributed by atoms with Gasteiger partial charge in [0.2, 0.25) is 5.91 Å². The second-order valence-electron chi connectivity index (χ2n) is 5.04. The number of sulfone groups is 1. The summed E-state index contributed by atoms with van der Waals surface area (Å²) in [6.45, 7) is 1.08. The third kappa shape index (κ3) is 3.21. The zero-order valence-electron chi connectivity index (χ0n) is 10.3. The molecule has 6 nitrogen and oxygen atoms in total. The minimum Gasteiger partial charge on any atom is -0.394 e. The molecule has 2 aliphatic heterocycles. The summed E-state index contributed by atoms with van der Waals surface area (Å²) in [5.41, 5.74) is 0. The van der Waals surface area contributed by atoms with Gasteiger partial charge in [0.1, 0.15) is 0 Å². The lowest BCUT2D eigenvalue weighted by molar-refractivity contribution is -0.133. The number of nitrogens with one attached hydrogen (secondary N) is 1. The molecule has 2 fully saturated rings. The number of hydrogen-bond donors (Lipinski definition) is 2. The van der Waals surface area contributed by atoms with E-state index in [1.54, 1.807) is 4.90 Å². The van der Waals surface area contributed by atoms with Crippen molar-refractivity contribution in [2.45, 2.75) is 31.3 Å². The van der Waals surface area contributed by atoms with Gasteiger partial charge in [0, 0.05) is 25.6 Å². The Labute approximate surface area is 107 Å². The Hall–Kier alpha value is -0.660. The highest BCUT2D eigenvalue weighted by Crippen LogP contribution is 2.18. The molecule has 2 N–H and O–H groups in total. The van der Waals surface area contributed by atoms with Crippen molar-refractivity contribution in [3.8, 4) is 0 Å². The molecule has 2 saturated heterocycles.